The van der Waals surface area contributed by atoms with Crippen LogP contribution in [0, 0.1) is 0 Å². The van der Waals surface area contributed by atoms with Crippen LogP contribution in [0.5, 0.6) is 0 Å². The number of para-hydroxylation sites is 2. The second-order valence-corrected chi connectivity index (χ2v) is 5.84. The second kappa shape index (κ2) is 4.44. The van der Waals surface area contributed by atoms with Crippen molar-refractivity contribution in [1.82, 2.24) is 0 Å². The van der Waals surface area contributed by atoms with E-state index in [1.165, 1.54) is 0 Å². The van der Waals surface area contributed by atoms with E-state index in [4.69, 9.17) is 0 Å². The zero-order valence-electron chi connectivity index (χ0n) is 9.89. The Labute approximate surface area is 110 Å². The summed E-state index contributed by atoms with van der Waals surface area (Å²) in [6.45, 7) is 0. The summed E-state index contributed by atoms with van der Waals surface area (Å²) in [6, 6.07) is 15.5. The lowest BCUT2D eigenvalue weighted by Gasteiger charge is -1.97. The summed E-state index contributed by atoms with van der Waals surface area (Å²) in [5, 5.41) is 2.48. The minimum atomic E-state index is -3.51. The van der Waals surface area contributed by atoms with Crippen LogP contribution in [-0.2, 0) is 9.84 Å². The Morgan fingerprint density at radius 2 is 1.32 bits per heavy atom. The van der Waals surface area contributed by atoms with E-state index in [1.807, 2.05) is 12.1 Å². The Bertz CT molecular complexity index is 832. The number of nitrogens with zero attached hydrogens (tertiary/aromatic N) is 2. The van der Waals surface area contributed by atoms with Crippen molar-refractivity contribution in [2.24, 2.45) is 9.98 Å². The van der Waals surface area contributed by atoms with Crippen molar-refractivity contribution in [2.75, 3.05) is 0 Å². The molecule has 0 amide bonds. The minimum Gasteiger partial charge on any atom is -0.226 e. The van der Waals surface area contributed by atoms with E-state index in [0.29, 0.717) is 10.7 Å². The monoisotopic (exact) mass is 270 g/mol. The van der Waals surface area contributed by atoms with Crippen LogP contribution >= 0.6 is 0 Å². The van der Waals surface area contributed by atoms with Crippen LogP contribution in [0.4, 0.5) is 0 Å². The van der Waals surface area contributed by atoms with Gasteiger partial charge in [-0.3, -0.25) is 0 Å². The molecule has 0 bridgehead atoms. The summed E-state index contributed by atoms with van der Waals surface area (Å²) in [6.07, 6.45) is 0. The Balaban J connectivity index is 2.08. The molecule has 0 aromatic heterocycles. The lowest BCUT2D eigenvalue weighted by Crippen LogP contribution is -2.19. The Hall–Kier alpha value is -2.27. The van der Waals surface area contributed by atoms with E-state index in [-0.39, 0.29) is 10.7 Å². The minimum absolute atomic E-state index is 0.213. The zero-order valence-corrected chi connectivity index (χ0v) is 10.7. The molecule has 0 atom stereocenters. The van der Waals surface area contributed by atoms with E-state index in [9.17, 15) is 8.42 Å². The van der Waals surface area contributed by atoms with Gasteiger partial charge in [-0.1, -0.05) is 30.3 Å². The van der Waals surface area contributed by atoms with Crippen LogP contribution in [0.1, 0.15) is 0 Å². The molecule has 0 saturated carbocycles. The summed E-state index contributed by atoms with van der Waals surface area (Å²) in [7, 11) is -3.51. The molecule has 1 aliphatic rings. The van der Waals surface area contributed by atoms with E-state index in [0.717, 1.165) is 5.41 Å². The quantitative estimate of drug-likeness (QED) is 0.823. The van der Waals surface area contributed by atoms with Crippen molar-refractivity contribution >= 4 is 9.84 Å². The largest absolute Gasteiger partial charge is 0.226 e. The second-order valence-electron chi connectivity index (χ2n) is 4.05. The van der Waals surface area contributed by atoms with Gasteiger partial charge in [-0.2, -0.15) is 0 Å². The first-order valence-corrected chi connectivity index (χ1v) is 7.24. The van der Waals surface area contributed by atoms with Crippen molar-refractivity contribution in [3.63, 3.8) is 0 Å². The average molecular weight is 270 g/mol. The fourth-order valence-corrected chi connectivity index (χ4v) is 2.85. The van der Waals surface area contributed by atoms with Gasteiger partial charge in [0.2, 0.25) is 9.84 Å². The molecule has 19 heavy (non-hydrogen) atoms. The number of fused-ring (bicyclic) bond motifs is 1. The molecule has 94 valence electrons. The summed E-state index contributed by atoms with van der Waals surface area (Å²) in [4.78, 5) is 8.59. The molecule has 0 aliphatic carbocycles. The molecule has 1 heterocycles. The molecule has 0 N–H and O–H groups in total. The van der Waals surface area contributed by atoms with Crippen molar-refractivity contribution in [3.8, 4) is 0 Å². The third-order valence-corrected chi connectivity index (χ3v) is 4.13. The highest BCUT2D eigenvalue weighted by atomic mass is 32.2. The SMILES string of the molecule is O=S(=O)(C=C1N=c2ccccc2=N1)c1ccccc1. The maximum absolute atomic E-state index is 12.1. The predicted molar refractivity (Wildman–Crippen MR) is 70.5 cm³/mol. The van der Waals surface area contributed by atoms with Gasteiger partial charge in [0.1, 0.15) is 0 Å². The molecular formula is C14H10N2O2S. The number of benzene rings is 2. The van der Waals surface area contributed by atoms with Crippen LogP contribution < -0.4 is 10.7 Å². The van der Waals surface area contributed by atoms with Crippen molar-refractivity contribution in [2.45, 2.75) is 4.90 Å². The predicted octanol–water partition coefficient (Wildman–Crippen LogP) is 1.21. The first-order chi connectivity index (χ1) is 9.15. The molecule has 0 fully saturated rings. The Kier molecular flexibility index (Phi) is 2.76. The zero-order chi connectivity index (χ0) is 13.3. The van der Waals surface area contributed by atoms with Crippen LogP contribution in [0.3, 0.4) is 0 Å². The smallest absolute Gasteiger partial charge is 0.203 e. The fourth-order valence-electron chi connectivity index (χ4n) is 1.79. The van der Waals surface area contributed by atoms with Gasteiger partial charge in [-0.15, -0.1) is 0 Å². The maximum atomic E-state index is 12.1. The van der Waals surface area contributed by atoms with Gasteiger partial charge in [0.25, 0.3) is 0 Å². The standard InChI is InChI=1S/C14H10N2O2S/c17-19(18,11-6-2-1-3-7-11)10-14-15-12-8-4-5-9-13(12)16-14/h1-10H. The molecule has 1 aliphatic heterocycles. The highest BCUT2D eigenvalue weighted by Gasteiger charge is 2.13. The summed E-state index contributed by atoms with van der Waals surface area (Å²) >= 11 is 0. The molecule has 2 aromatic carbocycles. The molecule has 4 nitrogen and oxygen atoms in total. The lowest BCUT2D eigenvalue weighted by atomic mass is 10.3. The summed E-state index contributed by atoms with van der Waals surface area (Å²) < 4.78 is 24.3. The number of sulfone groups is 1. The average Bonchev–Trinajstić information content (AvgIpc) is 2.81. The van der Waals surface area contributed by atoms with Crippen molar-refractivity contribution in [3.05, 3.63) is 76.5 Å². The molecule has 5 heteroatoms. The molecule has 3 rings (SSSR count). The van der Waals surface area contributed by atoms with Crippen LogP contribution in [-0.4, -0.2) is 8.42 Å². The maximum Gasteiger partial charge on any atom is 0.203 e. The van der Waals surface area contributed by atoms with E-state index in [1.54, 1.807) is 42.5 Å². The van der Waals surface area contributed by atoms with Gasteiger partial charge in [-0.05, 0) is 24.3 Å². The van der Waals surface area contributed by atoms with E-state index < -0.39 is 9.84 Å². The molecule has 0 unspecified atom stereocenters. The van der Waals surface area contributed by atoms with Gasteiger partial charge in [0, 0.05) is 0 Å². The van der Waals surface area contributed by atoms with Gasteiger partial charge in [-0.25, -0.2) is 18.4 Å². The molecule has 2 aromatic rings. The summed E-state index contributed by atoms with van der Waals surface area (Å²) in [5.74, 6) is 0.213. The van der Waals surface area contributed by atoms with Crippen molar-refractivity contribution < 1.29 is 8.42 Å². The summed E-state index contributed by atoms with van der Waals surface area (Å²) in [5.41, 5.74) is 0. The van der Waals surface area contributed by atoms with E-state index >= 15 is 0 Å². The van der Waals surface area contributed by atoms with Gasteiger partial charge < -0.3 is 0 Å². The number of rotatable bonds is 2. The highest BCUT2D eigenvalue weighted by molar-refractivity contribution is 7.94. The van der Waals surface area contributed by atoms with Crippen LogP contribution in [0.25, 0.3) is 0 Å². The molecular weight excluding hydrogens is 260 g/mol. The third kappa shape index (κ3) is 2.32. The van der Waals surface area contributed by atoms with Crippen molar-refractivity contribution in [1.29, 1.82) is 0 Å². The topological polar surface area (TPSA) is 58.9 Å². The molecule has 0 spiro atoms. The first kappa shape index (κ1) is 11.8. The van der Waals surface area contributed by atoms with Gasteiger partial charge in [0.05, 0.1) is 21.0 Å². The molecule has 0 radical (unpaired) electrons. The lowest BCUT2D eigenvalue weighted by molar-refractivity contribution is 0.604. The fraction of sp³-hybridized carbons (Fsp3) is 0. The van der Waals surface area contributed by atoms with Crippen LogP contribution in [0.15, 0.2) is 80.7 Å². The third-order valence-electron chi connectivity index (χ3n) is 2.68. The Morgan fingerprint density at radius 3 is 1.89 bits per heavy atom. The number of hydrogen-bond acceptors (Lipinski definition) is 4. The van der Waals surface area contributed by atoms with Crippen LogP contribution in [0.2, 0.25) is 0 Å². The normalized spacial score (nSPS) is 13.4. The molecule has 0 saturated heterocycles. The highest BCUT2D eigenvalue weighted by Crippen LogP contribution is 2.14. The first-order valence-electron chi connectivity index (χ1n) is 5.69. The van der Waals surface area contributed by atoms with Gasteiger partial charge in [0.15, 0.2) is 5.82 Å². The number of hydrogen-bond donors (Lipinski definition) is 0. The van der Waals surface area contributed by atoms with E-state index in [2.05, 4.69) is 9.98 Å². The van der Waals surface area contributed by atoms with Gasteiger partial charge >= 0.3 is 0 Å². The Morgan fingerprint density at radius 1 is 0.789 bits per heavy atom.